The number of carbonyl (C=O) groups is 2. The van der Waals surface area contributed by atoms with Crippen LogP contribution in [0.15, 0.2) is 134 Å². The molecule has 2 amide bonds. The molecule has 1 heterocycles. The number of aromatic nitrogens is 1. The number of hydrogen-bond donors (Lipinski definition) is 1. The Morgan fingerprint density at radius 3 is 2.08 bits per heavy atom. The number of amides is 2. The predicted octanol–water partition coefficient (Wildman–Crippen LogP) is 6.85. The van der Waals surface area contributed by atoms with Crippen LogP contribution in [-0.2, 0) is 6.54 Å². The average molecular weight is 484 g/mol. The third-order valence-electron chi connectivity index (χ3n) is 6.03. The van der Waals surface area contributed by atoms with Gasteiger partial charge in [0.25, 0.3) is 11.8 Å². The second kappa shape index (κ2) is 11.1. The number of hydrogen-bond acceptors (Lipinski definition) is 3. The highest BCUT2D eigenvalue weighted by Gasteiger charge is 2.19. The Balaban J connectivity index is 1.35. The summed E-state index contributed by atoms with van der Waals surface area (Å²) in [5, 5.41) is 2.96. The number of anilines is 2. The maximum absolute atomic E-state index is 13.5. The summed E-state index contributed by atoms with van der Waals surface area (Å²) in [4.78, 5) is 32.5. The van der Waals surface area contributed by atoms with Crippen molar-refractivity contribution in [3.8, 4) is 11.1 Å². The molecule has 5 heteroatoms. The summed E-state index contributed by atoms with van der Waals surface area (Å²) >= 11 is 0. The zero-order valence-electron chi connectivity index (χ0n) is 20.1. The lowest BCUT2D eigenvalue weighted by Crippen LogP contribution is -2.30. The van der Waals surface area contributed by atoms with Crippen molar-refractivity contribution in [1.82, 2.24) is 4.98 Å². The molecule has 0 spiro atoms. The van der Waals surface area contributed by atoms with Crippen molar-refractivity contribution in [3.63, 3.8) is 0 Å². The minimum atomic E-state index is -0.209. The summed E-state index contributed by atoms with van der Waals surface area (Å²) in [6.45, 7) is 0.417. The van der Waals surface area contributed by atoms with Gasteiger partial charge in [0.15, 0.2) is 0 Å². The lowest BCUT2D eigenvalue weighted by Gasteiger charge is -2.23. The summed E-state index contributed by atoms with van der Waals surface area (Å²) in [5.74, 6) is -0.358. The van der Waals surface area contributed by atoms with Crippen molar-refractivity contribution in [2.24, 2.45) is 0 Å². The zero-order chi connectivity index (χ0) is 25.5. The molecule has 1 aromatic heterocycles. The molecule has 0 aliphatic carbocycles. The minimum Gasteiger partial charge on any atom is -0.322 e. The van der Waals surface area contributed by atoms with E-state index in [1.54, 1.807) is 41.6 Å². The van der Waals surface area contributed by atoms with E-state index in [-0.39, 0.29) is 11.8 Å². The van der Waals surface area contributed by atoms with Gasteiger partial charge in [-0.2, -0.15) is 0 Å². The van der Waals surface area contributed by atoms with E-state index in [1.807, 2.05) is 97.1 Å². The molecule has 0 aliphatic rings. The van der Waals surface area contributed by atoms with E-state index in [0.29, 0.717) is 29.0 Å². The first-order valence-electron chi connectivity index (χ1n) is 12.0. The molecule has 0 unspecified atom stereocenters. The van der Waals surface area contributed by atoms with Crippen LogP contribution in [-0.4, -0.2) is 16.8 Å². The molecule has 0 saturated heterocycles. The molecule has 1 N–H and O–H groups in total. The van der Waals surface area contributed by atoms with Gasteiger partial charge in [-0.3, -0.25) is 14.6 Å². The molecular formula is C32H25N3O2. The monoisotopic (exact) mass is 483 g/mol. The van der Waals surface area contributed by atoms with E-state index < -0.39 is 0 Å². The highest BCUT2D eigenvalue weighted by Crippen LogP contribution is 2.25. The quantitative estimate of drug-likeness (QED) is 0.275. The smallest absolute Gasteiger partial charge is 0.258 e. The van der Waals surface area contributed by atoms with Gasteiger partial charge in [0.05, 0.1) is 18.4 Å². The van der Waals surface area contributed by atoms with Gasteiger partial charge in [-0.15, -0.1) is 0 Å². The predicted molar refractivity (Wildman–Crippen MR) is 147 cm³/mol. The second-order valence-electron chi connectivity index (χ2n) is 8.53. The first-order chi connectivity index (χ1) is 18.2. The van der Waals surface area contributed by atoms with Gasteiger partial charge in [-0.25, -0.2) is 0 Å². The Kier molecular flexibility index (Phi) is 7.14. The van der Waals surface area contributed by atoms with Gasteiger partial charge in [-0.1, -0.05) is 78.9 Å². The second-order valence-corrected chi connectivity index (χ2v) is 8.53. The minimum absolute atomic E-state index is 0.149. The van der Waals surface area contributed by atoms with Crippen LogP contribution in [0.25, 0.3) is 11.1 Å². The molecule has 0 bridgehead atoms. The molecule has 0 atom stereocenters. The molecule has 4 aromatic carbocycles. The Morgan fingerprint density at radius 1 is 0.703 bits per heavy atom. The van der Waals surface area contributed by atoms with E-state index in [1.165, 1.54) is 0 Å². The summed E-state index contributed by atoms with van der Waals surface area (Å²) in [6, 6.07) is 37.8. The van der Waals surface area contributed by atoms with Crippen LogP contribution in [0.4, 0.5) is 11.4 Å². The normalized spacial score (nSPS) is 10.5. The van der Waals surface area contributed by atoms with E-state index in [0.717, 1.165) is 16.7 Å². The summed E-state index contributed by atoms with van der Waals surface area (Å²) in [5.41, 5.74) is 5.28. The van der Waals surface area contributed by atoms with Gasteiger partial charge in [0.2, 0.25) is 0 Å². The molecule has 5 aromatic rings. The third kappa shape index (κ3) is 5.63. The van der Waals surface area contributed by atoms with Gasteiger partial charge in [0, 0.05) is 23.0 Å². The Morgan fingerprint density at radius 2 is 1.38 bits per heavy atom. The average Bonchev–Trinajstić information content (AvgIpc) is 2.97. The SMILES string of the molecule is O=C(Nc1ccc(C(=O)N(Cc2ccccc2)c2cccnc2)cc1)c1ccccc1-c1ccccc1. The number of rotatable bonds is 7. The van der Waals surface area contributed by atoms with Gasteiger partial charge < -0.3 is 10.2 Å². The van der Waals surface area contributed by atoms with Crippen LogP contribution in [0.1, 0.15) is 26.3 Å². The molecule has 5 rings (SSSR count). The van der Waals surface area contributed by atoms with Gasteiger partial charge in [0.1, 0.15) is 0 Å². The molecule has 0 radical (unpaired) electrons. The summed E-state index contributed by atoms with van der Waals surface area (Å²) in [7, 11) is 0. The highest BCUT2D eigenvalue weighted by molar-refractivity contribution is 6.09. The molecule has 5 nitrogen and oxygen atoms in total. The van der Waals surface area contributed by atoms with Crippen molar-refractivity contribution in [3.05, 3.63) is 150 Å². The van der Waals surface area contributed by atoms with Crippen molar-refractivity contribution in [1.29, 1.82) is 0 Å². The molecule has 180 valence electrons. The van der Waals surface area contributed by atoms with Crippen molar-refractivity contribution < 1.29 is 9.59 Å². The van der Waals surface area contributed by atoms with Crippen LogP contribution in [0.2, 0.25) is 0 Å². The topological polar surface area (TPSA) is 62.3 Å². The molecular weight excluding hydrogens is 458 g/mol. The maximum atomic E-state index is 13.5. The van der Waals surface area contributed by atoms with Crippen molar-refractivity contribution in [2.75, 3.05) is 10.2 Å². The number of nitrogens with one attached hydrogen (secondary N) is 1. The standard InChI is InChI=1S/C32H25N3O2/c36-31(30-16-8-7-15-29(30)25-12-5-2-6-13-25)34-27-19-17-26(18-20-27)32(37)35(28-14-9-21-33-22-28)23-24-10-3-1-4-11-24/h1-22H,23H2,(H,34,36). The van der Waals surface area contributed by atoms with E-state index >= 15 is 0 Å². The van der Waals surface area contributed by atoms with Crippen molar-refractivity contribution >= 4 is 23.2 Å². The summed E-state index contributed by atoms with van der Waals surface area (Å²) in [6.07, 6.45) is 3.36. The number of carbonyl (C=O) groups excluding carboxylic acids is 2. The van der Waals surface area contributed by atoms with E-state index in [9.17, 15) is 9.59 Å². The fourth-order valence-corrected chi connectivity index (χ4v) is 4.16. The third-order valence-corrected chi connectivity index (χ3v) is 6.03. The fourth-order valence-electron chi connectivity index (χ4n) is 4.16. The number of benzene rings is 4. The van der Waals surface area contributed by atoms with Gasteiger partial charge in [-0.05, 0) is 59.2 Å². The Bertz CT molecular complexity index is 1490. The number of nitrogens with zero attached hydrogens (tertiary/aromatic N) is 2. The van der Waals surface area contributed by atoms with Crippen molar-refractivity contribution in [2.45, 2.75) is 6.54 Å². The fraction of sp³-hybridized carbons (Fsp3) is 0.0312. The van der Waals surface area contributed by atoms with Crippen LogP contribution < -0.4 is 10.2 Å². The highest BCUT2D eigenvalue weighted by atomic mass is 16.2. The van der Waals surface area contributed by atoms with E-state index in [4.69, 9.17) is 0 Å². The molecule has 0 aliphatic heterocycles. The molecule has 0 saturated carbocycles. The molecule has 0 fully saturated rings. The van der Waals surface area contributed by atoms with Crippen LogP contribution in [0, 0.1) is 0 Å². The Hall–Kier alpha value is -5.03. The van der Waals surface area contributed by atoms with Crippen LogP contribution in [0.5, 0.6) is 0 Å². The van der Waals surface area contributed by atoms with Crippen LogP contribution in [0.3, 0.4) is 0 Å². The van der Waals surface area contributed by atoms with Gasteiger partial charge >= 0.3 is 0 Å². The first kappa shape index (κ1) is 23.7. The Labute approximate surface area is 216 Å². The van der Waals surface area contributed by atoms with E-state index in [2.05, 4.69) is 10.3 Å². The lowest BCUT2D eigenvalue weighted by atomic mass is 9.99. The number of pyridine rings is 1. The maximum Gasteiger partial charge on any atom is 0.258 e. The largest absolute Gasteiger partial charge is 0.322 e. The summed E-state index contributed by atoms with van der Waals surface area (Å²) < 4.78 is 0. The molecule has 37 heavy (non-hydrogen) atoms. The van der Waals surface area contributed by atoms with Crippen LogP contribution >= 0.6 is 0 Å². The first-order valence-corrected chi connectivity index (χ1v) is 12.0. The zero-order valence-corrected chi connectivity index (χ0v) is 20.1. The lowest BCUT2D eigenvalue weighted by molar-refractivity contribution is 0.0984.